The lowest BCUT2D eigenvalue weighted by atomic mass is 10.0. The minimum absolute atomic E-state index is 0.545. The standard InChI is InChI=1S/C18H22N2/c1-4-11-19-12-9-16(10-13-19)20-15(3)14(2)17-7-5-6-8-18(17)20/h4-8,16H,1-3,9-13H2. The van der Waals surface area contributed by atoms with Gasteiger partial charge in [-0.1, -0.05) is 37.4 Å². The molecule has 1 fully saturated rings. The molecule has 1 aliphatic rings. The van der Waals surface area contributed by atoms with Gasteiger partial charge < -0.3 is 4.57 Å². The Morgan fingerprint density at radius 2 is 1.85 bits per heavy atom. The van der Waals surface area contributed by atoms with Gasteiger partial charge in [0.1, 0.15) is 0 Å². The van der Waals surface area contributed by atoms with Crippen LogP contribution in [0.15, 0.2) is 36.9 Å². The number of para-hydroxylation sites is 1. The number of piperidine rings is 1. The van der Waals surface area contributed by atoms with Crippen molar-refractivity contribution < 1.29 is 0 Å². The highest BCUT2D eigenvalue weighted by atomic mass is 15.1. The molecule has 0 unspecified atom stereocenters. The zero-order valence-corrected chi connectivity index (χ0v) is 12.0. The number of hydrogen-bond acceptors (Lipinski definition) is 1. The van der Waals surface area contributed by atoms with E-state index in [0.29, 0.717) is 6.04 Å². The predicted octanol–water partition coefficient (Wildman–Crippen LogP) is 2.28. The molecule has 0 N–H and O–H groups in total. The van der Waals surface area contributed by atoms with Crippen LogP contribution in [0, 0.1) is 0 Å². The molecule has 0 spiro atoms. The second-order valence-corrected chi connectivity index (χ2v) is 5.63. The topological polar surface area (TPSA) is 8.17 Å². The number of likely N-dealkylation sites (tertiary alicyclic amines) is 1. The summed E-state index contributed by atoms with van der Waals surface area (Å²) in [7, 11) is 0. The van der Waals surface area contributed by atoms with Crippen LogP contribution in [0.2, 0.25) is 0 Å². The Hall–Kier alpha value is -1.80. The Morgan fingerprint density at radius 3 is 2.55 bits per heavy atom. The zero-order valence-electron chi connectivity index (χ0n) is 12.0. The summed E-state index contributed by atoms with van der Waals surface area (Å²) < 4.78 is 2.41. The SMILES string of the molecule is C=CCN1CCC(n2c(=C)c(=C)c3ccccc32)CC1. The molecule has 2 heteroatoms. The average Bonchev–Trinajstić information content (AvgIpc) is 2.73. The van der Waals surface area contributed by atoms with Crippen molar-refractivity contribution in [1.82, 2.24) is 9.47 Å². The van der Waals surface area contributed by atoms with Gasteiger partial charge in [0, 0.05) is 41.9 Å². The van der Waals surface area contributed by atoms with Gasteiger partial charge >= 0.3 is 0 Å². The summed E-state index contributed by atoms with van der Waals surface area (Å²) in [5, 5.41) is 3.40. The molecule has 2 nitrogen and oxygen atoms in total. The first-order valence-electron chi connectivity index (χ1n) is 7.32. The van der Waals surface area contributed by atoms with Gasteiger partial charge in [0.05, 0.1) is 0 Å². The Balaban J connectivity index is 1.96. The average molecular weight is 266 g/mol. The number of rotatable bonds is 3. The zero-order chi connectivity index (χ0) is 14.1. The number of aromatic nitrogens is 1. The van der Waals surface area contributed by atoms with E-state index in [1.54, 1.807) is 0 Å². The molecular weight excluding hydrogens is 244 g/mol. The molecule has 1 aliphatic heterocycles. The van der Waals surface area contributed by atoms with E-state index in [-0.39, 0.29) is 0 Å². The molecule has 1 saturated heterocycles. The molecule has 104 valence electrons. The summed E-state index contributed by atoms with van der Waals surface area (Å²) >= 11 is 0. The molecule has 2 heterocycles. The van der Waals surface area contributed by atoms with Crippen molar-refractivity contribution in [3.63, 3.8) is 0 Å². The van der Waals surface area contributed by atoms with Gasteiger partial charge in [0.15, 0.2) is 0 Å². The van der Waals surface area contributed by atoms with Crippen molar-refractivity contribution in [2.75, 3.05) is 19.6 Å². The van der Waals surface area contributed by atoms with Crippen LogP contribution in [-0.4, -0.2) is 29.1 Å². The summed E-state index contributed by atoms with van der Waals surface area (Å²) in [4.78, 5) is 2.46. The quantitative estimate of drug-likeness (QED) is 0.774. The molecule has 0 amide bonds. The molecule has 1 aromatic carbocycles. The van der Waals surface area contributed by atoms with Crippen molar-refractivity contribution in [3.05, 3.63) is 47.5 Å². The smallest absolute Gasteiger partial charge is 0.0493 e. The fourth-order valence-electron chi connectivity index (χ4n) is 3.34. The van der Waals surface area contributed by atoms with E-state index in [4.69, 9.17) is 0 Å². The molecule has 20 heavy (non-hydrogen) atoms. The predicted molar refractivity (Wildman–Crippen MR) is 87.1 cm³/mol. The van der Waals surface area contributed by atoms with E-state index < -0.39 is 0 Å². The third-order valence-corrected chi connectivity index (χ3v) is 4.44. The molecule has 1 aromatic heterocycles. The minimum Gasteiger partial charge on any atom is -0.338 e. The van der Waals surface area contributed by atoms with Crippen LogP contribution < -0.4 is 10.6 Å². The van der Waals surface area contributed by atoms with Crippen LogP contribution in [0.4, 0.5) is 0 Å². The first-order valence-corrected chi connectivity index (χ1v) is 7.32. The molecular formula is C18H22N2. The van der Waals surface area contributed by atoms with Crippen LogP contribution in [0.1, 0.15) is 18.9 Å². The van der Waals surface area contributed by atoms with Crippen molar-refractivity contribution in [2.24, 2.45) is 0 Å². The van der Waals surface area contributed by atoms with Gasteiger partial charge in [-0.05, 0) is 24.1 Å². The van der Waals surface area contributed by atoms with Crippen LogP contribution in [-0.2, 0) is 0 Å². The largest absolute Gasteiger partial charge is 0.338 e. The Bertz CT molecular complexity index is 718. The van der Waals surface area contributed by atoms with E-state index in [1.165, 1.54) is 23.7 Å². The number of benzene rings is 1. The second kappa shape index (κ2) is 5.29. The summed E-state index contributed by atoms with van der Waals surface area (Å²) in [6.45, 7) is 15.5. The van der Waals surface area contributed by atoms with Gasteiger partial charge in [0.2, 0.25) is 0 Å². The van der Waals surface area contributed by atoms with E-state index >= 15 is 0 Å². The van der Waals surface area contributed by atoms with Crippen molar-refractivity contribution >= 4 is 24.1 Å². The normalized spacial score (nSPS) is 17.6. The molecule has 0 saturated carbocycles. The molecule has 0 radical (unpaired) electrons. The van der Waals surface area contributed by atoms with Gasteiger partial charge in [-0.3, -0.25) is 4.90 Å². The van der Waals surface area contributed by atoms with Crippen LogP contribution in [0.3, 0.4) is 0 Å². The highest BCUT2D eigenvalue weighted by molar-refractivity contribution is 5.81. The highest BCUT2D eigenvalue weighted by Crippen LogP contribution is 2.24. The summed E-state index contributed by atoms with van der Waals surface area (Å²) in [6.07, 6.45) is 4.34. The Labute approximate surface area is 120 Å². The second-order valence-electron chi connectivity index (χ2n) is 5.63. The third kappa shape index (κ3) is 2.10. The minimum atomic E-state index is 0.545. The van der Waals surface area contributed by atoms with E-state index in [9.17, 15) is 0 Å². The van der Waals surface area contributed by atoms with Crippen molar-refractivity contribution in [2.45, 2.75) is 18.9 Å². The molecule has 2 aromatic rings. The Kier molecular flexibility index (Phi) is 3.49. The number of nitrogens with zero attached hydrogens (tertiary/aromatic N) is 2. The summed E-state index contributed by atoms with van der Waals surface area (Å²) in [5.74, 6) is 0. The fraction of sp³-hybridized carbons (Fsp3) is 0.333. The summed E-state index contributed by atoms with van der Waals surface area (Å²) in [5.41, 5.74) is 1.28. The van der Waals surface area contributed by atoms with E-state index in [0.717, 1.165) is 30.2 Å². The first-order chi connectivity index (χ1) is 9.72. The molecule has 3 rings (SSSR count). The molecule has 0 aliphatic carbocycles. The third-order valence-electron chi connectivity index (χ3n) is 4.44. The monoisotopic (exact) mass is 266 g/mol. The highest BCUT2D eigenvalue weighted by Gasteiger charge is 2.21. The fourth-order valence-corrected chi connectivity index (χ4v) is 3.34. The van der Waals surface area contributed by atoms with Crippen molar-refractivity contribution in [1.29, 1.82) is 0 Å². The summed E-state index contributed by atoms with van der Waals surface area (Å²) in [6, 6.07) is 9.06. The van der Waals surface area contributed by atoms with Crippen LogP contribution in [0.25, 0.3) is 24.1 Å². The lowest BCUT2D eigenvalue weighted by Gasteiger charge is -2.32. The maximum atomic E-state index is 4.26. The lowest BCUT2D eigenvalue weighted by molar-refractivity contribution is 0.204. The van der Waals surface area contributed by atoms with Gasteiger partial charge in [-0.15, -0.1) is 6.58 Å². The maximum Gasteiger partial charge on any atom is 0.0493 e. The van der Waals surface area contributed by atoms with E-state index in [1.807, 2.05) is 6.08 Å². The molecule has 0 atom stereocenters. The van der Waals surface area contributed by atoms with Crippen LogP contribution in [0.5, 0.6) is 0 Å². The maximum absolute atomic E-state index is 4.26. The van der Waals surface area contributed by atoms with Gasteiger partial charge in [0.25, 0.3) is 0 Å². The molecule has 0 bridgehead atoms. The van der Waals surface area contributed by atoms with Gasteiger partial charge in [-0.25, -0.2) is 0 Å². The van der Waals surface area contributed by atoms with Crippen LogP contribution >= 0.6 is 0 Å². The van der Waals surface area contributed by atoms with Crippen molar-refractivity contribution in [3.8, 4) is 0 Å². The van der Waals surface area contributed by atoms with Gasteiger partial charge in [-0.2, -0.15) is 0 Å². The number of fused-ring (bicyclic) bond motifs is 1. The first kappa shape index (κ1) is 13.2. The lowest BCUT2D eigenvalue weighted by Crippen LogP contribution is -2.38. The van der Waals surface area contributed by atoms with E-state index in [2.05, 4.69) is 53.5 Å². The number of hydrogen-bond donors (Lipinski definition) is 0. The Morgan fingerprint density at radius 1 is 1.15 bits per heavy atom.